The number of esters is 1. The second-order valence-corrected chi connectivity index (χ2v) is 6.56. The lowest BCUT2D eigenvalue weighted by atomic mass is 10.1. The van der Waals surface area contributed by atoms with Crippen molar-refractivity contribution in [2.75, 3.05) is 19.0 Å². The summed E-state index contributed by atoms with van der Waals surface area (Å²) < 4.78 is 10.0. The number of carbonyl (C=O) groups is 3. The van der Waals surface area contributed by atoms with Crippen molar-refractivity contribution in [1.82, 2.24) is 5.32 Å². The van der Waals surface area contributed by atoms with Crippen LogP contribution in [0.25, 0.3) is 6.08 Å². The van der Waals surface area contributed by atoms with Crippen LogP contribution in [0.5, 0.6) is 5.75 Å². The summed E-state index contributed by atoms with van der Waals surface area (Å²) in [6.07, 6.45) is 4.77. The summed E-state index contributed by atoms with van der Waals surface area (Å²) in [5.74, 6) is -0.686. The number of methoxy groups -OCH3 is 1. The molecule has 0 atom stereocenters. The Morgan fingerprint density at radius 2 is 1.79 bits per heavy atom. The summed E-state index contributed by atoms with van der Waals surface area (Å²) in [4.78, 5) is 36.2. The minimum absolute atomic E-state index is 0.213. The molecule has 1 fully saturated rings. The quantitative estimate of drug-likeness (QED) is 0.530. The second-order valence-electron chi connectivity index (χ2n) is 6.56. The maximum atomic E-state index is 12.3. The Labute approximate surface area is 168 Å². The van der Waals surface area contributed by atoms with Gasteiger partial charge in [-0.25, -0.2) is 4.79 Å². The summed E-state index contributed by atoms with van der Waals surface area (Å²) in [5, 5.41) is 5.49. The van der Waals surface area contributed by atoms with Gasteiger partial charge in [-0.1, -0.05) is 24.3 Å². The summed E-state index contributed by atoms with van der Waals surface area (Å²) in [7, 11) is 1.57. The highest BCUT2D eigenvalue weighted by molar-refractivity contribution is 6.04. The van der Waals surface area contributed by atoms with E-state index in [9.17, 15) is 14.4 Å². The van der Waals surface area contributed by atoms with E-state index in [1.54, 1.807) is 61.7 Å². The zero-order valence-electron chi connectivity index (χ0n) is 16.0. The molecule has 7 heteroatoms. The molecule has 0 radical (unpaired) electrons. The predicted molar refractivity (Wildman–Crippen MR) is 109 cm³/mol. The van der Waals surface area contributed by atoms with Gasteiger partial charge in [0.1, 0.15) is 5.75 Å². The van der Waals surface area contributed by atoms with Crippen LogP contribution in [0.4, 0.5) is 5.69 Å². The molecule has 0 bridgehead atoms. The lowest BCUT2D eigenvalue weighted by molar-refractivity contribution is -0.142. The van der Waals surface area contributed by atoms with Crippen LogP contribution < -0.4 is 15.4 Å². The van der Waals surface area contributed by atoms with Crippen molar-refractivity contribution >= 4 is 29.5 Å². The summed E-state index contributed by atoms with van der Waals surface area (Å²) >= 11 is 0. The maximum absolute atomic E-state index is 12.3. The molecule has 0 aromatic heterocycles. The number of ether oxygens (including phenoxy) is 2. The zero-order valence-corrected chi connectivity index (χ0v) is 16.0. The van der Waals surface area contributed by atoms with E-state index in [0.29, 0.717) is 17.0 Å². The summed E-state index contributed by atoms with van der Waals surface area (Å²) in [6, 6.07) is 14.0. The smallest absolute Gasteiger partial charge is 0.331 e. The fourth-order valence-electron chi connectivity index (χ4n) is 2.53. The minimum Gasteiger partial charge on any atom is -0.497 e. The largest absolute Gasteiger partial charge is 0.497 e. The van der Waals surface area contributed by atoms with E-state index in [1.165, 1.54) is 6.08 Å². The first-order valence-electron chi connectivity index (χ1n) is 9.24. The lowest BCUT2D eigenvalue weighted by Gasteiger charge is -2.11. The molecule has 0 spiro atoms. The number of hydrogen-bond acceptors (Lipinski definition) is 5. The molecule has 0 aliphatic heterocycles. The van der Waals surface area contributed by atoms with Crippen LogP contribution in [0.1, 0.15) is 28.8 Å². The normalized spacial score (nSPS) is 13.0. The molecule has 0 saturated heterocycles. The highest BCUT2D eigenvalue weighted by Crippen LogP contribution is 2.21. The van der Waals surface area contributed by atoms with E-state index in [0.717, 1.165) is 18.4 Å². The van der Waals surface area contributed by atoms with Gasteiger partial charge >= 0.3 is 5.97 Å². The van der Waals surface area contributed by atoms with Crippen LogP contribution in [0.2, 0.25) is 0 Å². The first-order chi connectivity index (χ1) is 14.0. The monoisotopic (exact) mass is 394 g/mol. The van der Waals surface area contributed by atoms with E-state index in [1.807, 2.05) is 0 Å². The number of rotatable bonds is 8. The van der Waals surface area contributed by atoms with Crippen molar-refractivity contribution in [3.63, 3.8) is 0 Å². The highest BCUT2D eigenvalue weighted by Gasteiger charge is 2.25. The number of hydrogen-bond donors (Lipinski definition) is 2. The number of amides is 2. The van der Waals surface area contributed by atoms with Gasteiger partial charge in [-0.2, -0.15) is 0 Å². The third kappa shape index (κ3) is 6.21. The van der Waals surface area contributed by atoms with Gasteiger partial charge in [0.05, 0.1) is 18.4 Å². The van der Waals surface area contributed by atoms with Gasteiger partial charge < -0.3 is 20.1 Å². The molecule has 150 valence electrons. The Morgan fingerprint density at radius 3 is 2.48 bits per heavy atom. The fourth-order valence-corrected chi connectivity index (χ4v) is 2.53. The molecule has 1 saturated carbocycles. The molecule has 1 aliphatic rings. The summed E-state index contributed by atoms with van der Waals surface area (Å²) in [6.45, 7) is -0.454. The fraction of sp³-hybridized carbons (Fsp3) is 0.227. The molecule has 2 N–H and O–H groups in total. The average Bonchev–Trinajstić information content (AvgIpc) is 3.55. The topological polar surface area (TPSA) is 93.7 Å². The van der Waals surface area contributed by atoms with Crippen LogP contribution in [0.3, 0.4) is 0 Å². The van der Waals surface area contributed by atoms with Gasteiger partial charge in [0.15, 0.2) is 6.61 Å². The number of benzene rings is 2. The van der Waals surface area contributed by atoms with E-state index in [-0.39, 0.29) is 11.9 Å². The Kier molecular flexibility index (Phi) is 6.63. The number of nitrogens with one attached hydrogen (secondary N) is 2. The highest BCUT2D eigenvalue weighted by atomic mass is 16.5. The Morgan fingerprint density at radius 1 is 1.07 bits per heavy atom. The van der Waals surface area contributed by atoms with Crippen molar-refractivity contribution in [2.45, 2.75) is 18.9 Å². The van der Waals surface area contributed by atoms with Crippen LogP contribution in [-0.4, -0.2) is 37.5 Å². The van der Waals surface area contributed by atoms with Crippen molar-refractivity contribution in [1.29, 1.82) is 0 Å². The molecule has 3 rings (SSSR count). The molecule has 0 unspecified atom stereocenters. The van der Waals surface area contributed by atoms with Gasteiger partial charge in [-0.3, -0.25) is 9.59 Å². The number of carbonyl (C=O) groups excluding carboxylic acids is 3. The molecule has 1 aliphatic carbocycles. The standard InChI is InChI=1S/C22H22N2O5/c1-28-17-11-6-15(7-12-17)8-13-21(26)29-14-20(25)24-19-5-3-2-4-18(19)22(27)23-16-9-10-16/h2-8,11-13,16H,9-10,14H2,1H3,(H,23,27)(H,24,25)/b13-8+. The molecule has 29 heavy (non-hydrogen) atoms. The summed E-state index contributed by atoms with van der Waals surface area (Å²) in [5.41, 5.74) is 1.54. The first kappa shape index (κ1) is 20.1. The Bertz CT molecular complexity index is 917. The van der Waals surface area contributed by atoms with Gasteiger partial charge in [0.2, 0.25) is 0 Å². The van der Waals surface area contributed by atoms with Crippen LogP contribution >= 0.6 is 0 Å². The molecule has 2 aromatic carbocycles. The van der Waals surface area contributed by atoms with Crippen molar-refractivity contribution in [3.05, 3.63) is 65.7 Å². The van der Waals surface area contributed by atoms with Crippen LogP contribution in [0.15, 0.2) is 54.6 Å². The number of anilines is 1. The van der Waals surface area contributed by atoms with E-state index >= 15 is 0 Å². The van der Waals surface area contributed by atoms with Gasteiger partial charge in [0.25, 0.3) is 11.8 Å². The van der Waals surface area contributed by atoms with Gasteiger partial charge in [-0.05, 0) is 48.7 Å². The van der Waals surface area contributed by atoms with Gasteiger partial charge in [-0.15, -0.1) is 0 Å². The molecule has 2 aromatic rings. The third-order valence-corrected chi connectivity index (χ3v) is 4.23. The molecule has 0 heterocycles. The van der Waals surface area contributed by atoms with Crippen molar-refractivity contribution in [2.24, 2.45) is 0 Å². The van der Waals surface area contributed by atoms with Crippen LogP contribution in [0, 0.1) is 0 Å². The lowest BCUT2D eigenvalue weighted by Crippen LogP contribution is -2.27. The number of para-hydroxylation sites is 1. The predicted octanol–water partition coefficient (Wildman–Crippen LogP) is 2.78. The van der Waals surface area contributed by atoms with Crippen LogP contribution in [-0.2, 0) is 14.3 Å². The van der Waals surface area contributed by atoms with E-state index < -0.39 is 18.5 Å². The van der Waals surface area contributed by atoms with Crippen molar-refractivity contribution < 1.29 is 23.9 Å². The average molecular weight is 394 g/mol. The Hall–Kier alpha value is -3.61. The maximum Gasteiger partial charge on any atom is 0.331 e. The van der Waals surface area contributed by atoms with E-state index in [4.69, 9.17) is 9.47 Å². The second kappa shape index (κ2) is 9.54. The Balaban J connectivity index is 1.49. The third-order valence-electron chi connectivity index (χ3n) is 4.23. The zero-order chi connectivity index (χ0) is 20.6. The van der Waals surface area contributed by atoms with Gasteiger partial charge in [0, 0.05) is 12.1 Å². The molecular formula is C22H22N2O5. The molecule has 2 amide bonds. The van der Waals surface area contributed by atoms with E-state index in [2.05, 4.69) is 10.6 Å². The minimum atomic E-state index is -0.643. The SMILES string of the molecule is COc1ccc(/C=C/C(=O)OCC(=O)Nc2ccccc2C(=O)NC2CC2)cc1. The molecule has 7 nitrogen and oxygen atoms in total. The first-order valence-corrected chi connectivity index (χ1v) is 9.24. The van der Waals surface area contributed by atoms with Crippen molar-refractivity contribution in [3.8, 4) is 5.75 Å². The molecular weight excluding hydrogens is 372 g/mol.